The highest BCUT2D eigenvalue weighted by Crippen LogP contribution is 2.09. The first-order valence-electron chi connectivity index (χ1n) is 3.61. The maximum Gasteiger partial charge on any atom is 0.219 e. The summed E-state index contributed by atoms with van der Waals surface area (Å²) in [5, 5.41) is 0. The minimum absolute atomic E-state index is 0.136. The summed E-state index contributed by atoms with van der Waals surface area (Å²) >= 11 is 0. The number of imidazole rings is 1. The molecule has 0 aliphatic heterocycles. The Labute approximate surface area is 70.4 Å². The molecule has 1 heterocycles. The van der Waals surface area contributed by atoms with Gasteiger partial charge in [-0.15, -0.1) is 0 Å². The summed E-state index contributed by atoms with van der Waals surface area (Å²) < 4.78 is 1.77. The van der Waals surface area contributed by atoms with Gasteiger partial charge >= 0.3 is 0 Å². The fourth-order valence-corrected chi connectivity index (χ4v) is 0.946. The molecule has 0 saturated heterocycles. The van der Waals surface area contributed by atoms with Gasteiger partial charge in [0, 0.05) is 19.7 Å². The van der Waals surface area contributed by atoms with E-state index in [0.29, 0.717) is 5.69 Å². The van der Waals surface area contributed by atoms with Gasteiger partial charge in [-0.1, -0.05) is 0 Å². The number of nitrogens with two attached hydrogens (primary N) is 2. The van der Waals surface area contributed by atoms with Crippen molar-refractivity contribution >= 4 is 5.91 Å². The van der Waals surface area contributed by atoms with E-state index in [1.807, 2.05) is 7.05 Å². The van der Waals surface area contributed by atoms with E-state index in [0.717, 1.165) is 0 Å². The first kappa shape index (κ1) is 8.73. The lowest BCUT2D eigenvalue weighted by Crippen LogP contribution is -2.20. The van der Waals surface area contributed by atoms with Crippen LogP contribution < -0.4 is 11.5 Å². The summed E-state index contributed by atoms with van der Waals surface area (Å²) in [5.74, 6) is -0.409. The second kappa shape index (κ2) is 3.36. The number of primary amides is 1. The van der Waals surface area contributed by atoms with E-state index < -0.39 is 5.91 Å². The zero-order valence-electron chi connectivity index (χ0n) is 6.90. The van der Waals surface area contributed by atoms with Crippen molar-refractivity contribution in [3.05, 3.63) is 18.2 Å². The molecule has 4 N–H and O–H groups in total. The molecule has 0 fully saturated rings. The largest absolute Gasteiger partial charge is 0.370 e. The van der Waals surface area contributed by atoms with Crippen LogP contribution in [0.2, 0.25) is 0 Å². The molecule has 5 heteroatoms. The van der Waals surface area contributed by atoms with Crippen LogP contribution in [0.4, 0.5) is 0 Å². The van der Waals surface area contributed by atoms with E-state index in [9.17, 15) is 4.79 Å². The monoisotopic (exact) mass is 168 g/mol. The molecule has 1 atom stereocenters. The van der Waals surface area contributed by atoms with Gasteiger partial charge < -0.3 is 16.0 Å². The van der Waals surface area contributed by atoms with E-state index in [1.54, 1.807) is 17.1 Å². The number of hydrogen-bond acceptors (Lipinski definition) is 3. The van der Waals surface area contributed by atoms with Crippen molar-refractivity contribution in [1.82, 2.24) is 9.55 Å². The number of aromatic nitrogens is 2. The third-order valence-electron chi connectivity index (χ3n) is 1.53. The highest BCUT2D eigenvalue weighted by Gasteiger charge is 2.10. The summed E-state index contributed by atoms with van der Waals surface area (Å²) in [6.07, 6.45) is 3.54. The van der Waals surface area contributed by atoms with Gasteiger partial charge in [0.2, 0.25) is 5.91 Å². The maximum absolute atomic E-state index is 10.5. The van der Waals surface area contributed by atoms with E-state index in [1.165, 1.54) is 0 Å². The molecule has 1 aromatic heterocycles. The highest BCUT2D eigenvalue weighted by atomic mass is 16.1. The van der Waals surface area contributed by atoms with Crippen molar-refractivity contribution in [2.24, 2.45) is 18.5 Å². The van der Waals surface area contributed by atoms with Crippen molar-refractivity contribution in [3.8, 4) is 0 Å². The fraction of sp³-hybridized carbons (Fsp3) is 0.429. The van der Waals surface area contributed by atoms with Crippen LogP contribution in [0.15, 0.2) is 12.5 Å². The van der Waals surface area contributed by atoms with Crippen molar-refractivity contribution < 1.29 is 4.79 Å². The third kappa shape index (κ3) is 2.06. The second-order valence-corrected chi connectivity index (χ2v) is 2.74. The molecule has 0 aliphatic carbocycles. The topological polar surface area (TPSA) is 86.9 Å². The number of carbonyl (C=O) groups is 1. The molecule has 0 radical (unpaired) electrons. The summed E-state index contributed by atoms with van der Waals surface area (Å²) in [6, 6.07) is -0.385. The van der Waals surface area contributed by atoms with E-state index in [-0.39, 0.29) is 12.5 Å². The van der Waals surface area contributed by atoms with Crippen LogP contribution in [0.1, 0.15) is 18.2 Å². The number of nitrogens with zero attached hydrogens (tertiary/aromatic N) is 2. The molecule has 66 valence electrons. The molecule has 1 aromatic rings. The minimum atomic E-state index is -0.409. The first-order chi connectivity index (χ1) is 5.59. The van der Waals surface area contributed by atoms with Crippen molar-refractivity contribution in [2.45, 2.75) is 12.5 Å². The van der Waals surface area contributed by atoms with Crippen LogP contribution in [0, 0.1) is 0 Å². The molecule has 0 unspecified atom stereocenters. The summed E-state index contributed by atoms with van der Waals surface area (Å²) in [5.41, 5.74) is 11.3. The SMILES string of the molecule is Cn1cnc([C@H](N)CC(N)=O)c1. The van der Waals surface area contributed by atoms with Crippen LogP contribution in [-0.4, -0.2) is 15.5 Å². The summed E-state index contributed by atoms with van der Waals surface area (Å²) in [6.45, 7) is 0. The van der Waals surface area contributed by atoms with Gasteiger partial charge in [0.05, 0.1) is 18.1 Å². The van der Waals surface area contributed by atoms with Gasteiger partial charge in [0.15, 0.2) is 0 Å². The molecular weight excluding hydrogens is 156 g/mol. The molecule has 5 nitrogen and oxygen atoms in total. The molecule has 0 bridgehead atoms. The number of carbonyl (C=O) groups excluding carboxylic acids is 1. The molecule has 1 amide bonds. The minimum Gasteiger partial charge on any atom is -0.370 e. The Balaban J connectivity index is 2.64. The lowest BCUT2D eigenvalue weighted by atomic mass is 10.1. The van der Waals surface area contributed by atoms with Gasteiger partial charge in [-0.25, -0.2) is 4.98 Å². The Hall–Kier alpha value is -1.36. The van der Waals surface area contributed by atoms with E-state index in [2.05, 4.69) is 4.98 Å². The zero-order chi connectivity index (χ0) is 9.14. The standard InChI is InChI=1S/C7H12N4O/c1-11-3-6(10-4-11)5(8)2-7(9)12/h3-5H,2,8H2,1H3,(H2,9,12)/t5-/m1/s1. The van der Waals surface area contributed by atoms with Gasteiger partial charge in [0.25, 0.3) is 0 Å². The van der Waals surface area contributed by atoms with Crippen molar-refractivity contribution in [3.63, 3.8) is 0 Å². The van der Waals surface area contributed by atoms with Crippen LogP contribution in [0.5, 0.6) is 0 Å². The molecule has 0 spiro atoms. The Morgan fingerprint density at radius 3 is 2.92 bits per heavy atom. The zero-order valence-corrected chi connectivity index (χ0v) is 6.90. The van der Waals surface area contributed by atoms with Gasteiger partial charge in [-0.2, -0.15) is 0 Å². The fourth-order valence-electron chi connectivity index (χ4n) is 0.946. The van der Waals surface area contributed by atoms with Crippen LogP contribution in [0.3, 0.4) is 0 Å². The molecule has 1 rings (SSSR count). The summed E-state index contributed by atoms with van der Waals surface area (Å²) in [4.78, 5) is 14.5. The Morgan fingerprint density at radius 1 is 1.83 bits per heavy atom. The Morgan fingerprint density at radius 2 is 2.50 bits per heavy atom. The first-order valence-corrected chi connectivity index (χ1v) is 3.61. The molecule has 12 heavy (non-hydrogen) atoms. The molecule has 0 saturated carbocycles. The number of rotatable bonds is 3. The van der Waals surface area contributed by atoms with Crippen LogP contribution in [-0.2, 0) is 11.8 Å². The highest BCUT2D eigenvalue weighted by molar-refractivity contribution is 5.74. The smallest absolute Gasteiger partial charge is 0.219 e. The number of aryl methyl sites for hydroxylation is 1. The van der Waals surface area contributed by atoms with Crippen molar-refractivity contribution in [1.29, 1.82) is 0 Å². The Kier molecular flexibility index (Phi) is 2.44. The third-order valence-corrected chi connectivity index (χ3v) is 1.53. The average molecular weight is 168 g/mol. The lowest BCUT2D eigenvalue weighted by molar-refractivity contribution is -0.118. The second-order valence-electron chi connectivity index (χ2n) is 2.74. The van der Waals surface area contributed by atoms with Gasteiger partial charge in [-0.3, -0.25) is 4.79 Å². The predicted molar refractivity (Wildman–Crippen MR) is 43.9 cm³/mol. The van der Waals surface area contributed by atoms with Crippen LogP contribution in [0.25, 0.3) is 0 Å². The maximum atomic E-state index is 10.5. The van der Waals surface area contributed by atoms with Crippen LogP contribution >= 0.6 is 0 Å². The average Bonchev–Trinajstić information content (AvgIpc) is 2.34. The van der Waals surface area contributed by atoms with Gasteiger partial charge in [-0.05, 0) is 0 Å². The quantitative estimate of drug-likeness (QED) is 0.625. The molecule has 0 aliphatic rings. The van der Waals surface area contributed by atoms with E-state index in [4.69, 9.17) is 11.5 Å². The molecular formula is C7H12N4O. The van der Waals surface area contributed by atoms with E-state index >= 15 is 0 Å². The molecule has 0 aromatic carbocycles. The predicted octanol–water partition coefficient (Wildman–Crippen LogP) is -0.705. The normalized spacial score (nSPS) is 12.8. The number of hydrogen-bond donors (Lipinski definition) is 2. The Bertz CT molecular complexity index is 281. The number of amides is 1. The summed E-state index contributed by atoms with van der Waals surface area (Å²) in [7, 11) is 1.84. The lowest BCUT2D eigenvalue weighted by Gasteiger charge is -2.04. The van der Waals surface area contributed by atoms with Gasteiger partial charge in [0.1, 0.15) is 0 Å². The van der Waals surface area contributed by atoms with Crippen molar-refractivity contribution in [2.75, 3.05) is 0 Å².